The molecule has 2 aromatic heterocycles. The zero-order valence-electron chi connectivity index (χ0n) is 11.7. The minimum absolute atomic E-state index is 0.172. The Balaban J connectivity index is 1.91. The number of hydrogen-bond donors (Lipinski definition) is 1. The third-order valence-electron chi connectivity index (χ3n) is 3.69. The van der Waals surface area contributed by atoms with E-state index < -0.39 is 0 Å². The number of imidazole rings is 1. The van der Waals surface area contributed by atoms with E-state index >= 15 is 0 Å². The number of hydrogen-bond acceptors (Lipinski definition) is 3. The number of nitrogens with one attached hydrogen (secondary N) is 1. The maximum atomic E-state index is 12.4. The number of H-pyrrole nitrogens is 1. The van der Waals surface area contributed by atoms with Crippen LogP contribution >= 0.6 is 0 Å². The average Bonchev–Trinajstić information content (AvgIpc) is 3.01. The van der Waals surface area contributed by atoms with Crippen LogP contribution in [0.3, 0.4) is 0 Å². The Hall–Kier alpha value is -2.63. The van der Waals surface area contributed by atoms with E-state index in [0.717, 1.165) is 0 Å². The van der Waals surface area contributed by atoms with Gasteiger partial charge in [-0.2, -0.15) is 0 Å². The van der Waals surface area contributed by atoms with E-state index in [4.69, 9.17) is 0 Å². The summed E-state index contributed by atoms with van der Waals surface area (Å²) in [5.74, 6) is 0. The molecule has 0 aliphatic heterocycles. The summed E-state index contributed by atoms with van der Waals surface area (Å²) in [5, 5.41) is 0.535. The lowest BCUT2D eigenvalue weighted by molar-refractivity contribution is 0.452. The van der Waals surface area contributed by atoms with Gasteiger partial charge in [-0.15, -0.1) is 0 Å². The molecule has 0 aliphatic rings. The van der Waals surface area contributed by atoms with Gasteiger partial charge in [0.1, 0.15) is 0 Å². The van der Waals surface area contributed by atoms with Crippen LogP contribution in [-0.2, 0) is 6.54 Å². The Morgan fingerprint density at radius 3 is 2.86 bits per heavy atom. The van der Waals surface area contributed by atoms with E-state index in [2.05, 4.69) is 9.97 Å². The van der Waals surface area contributed by atoms with Crippen LogP contribution in [0.5, 0.6) is 0 Å². The van der Waals surface area contributed by atoms with Crippen molar-refractivity contribution in [1.29, 1.82) is 0 Å². The Morgan fingerprint density at radius 1 is 1.29 bits per heavy atom. The molecule has 0 radical (unpaired) electrons. The third-order valence-corrected chi connectivity index (χ3v) is 3.69. The quantitative estimate of drug-likeness (QED) is 0.789. The second-order valence-corrected chi connectivity index (χ2v) is 5.08. The second kappa shape index (κ2) is 5.40. The number of fused-ring (bicyclic) bond motifs is 1. The Morgan fingerprint density at radius 2 is 2.10 bits per heavy atom. The van der Waals surface area contributed by atoms with Crippen molar-refractivity contribution in [2.24, 2.45) is 0 Å². The fourth-order valence-corrected chi connectivity index (χ4v) is 2.40. The zero-order valence-corrected chi connectivity index (χ0v) is 11.7. The lowest BCUT2D eigenvalue weighted by atomic mass is 10.2. The molecule has 1 unspecified atom stereocenters. The summed E-state index contributed by atoms with van der Waals surface area (Å²) in [4.78, 5) is 31.2. The minimum Gasteiger partial charge on any atom is -0.335 e. The minimum atomic E-state index is -0.364. The van der Waals surface area contributed by atoms with Gasteiger partial charge in [0.2, 0.25) is 0 Å². The van der Waals surface area contributed by atoms with Gasteiger partial charge in [-0.25, -0.2) is 9.78 Å². The van der Waals surface area contributed by atoms with Crippen molar-refractivity contribution in [3.05, 3.63) is 63.8 Å². The molecule has 3 rings (SSSR count). The first-order chi connectivity index (χ1) is 10.2. The van der Waals surface area contributed by atoms with E-state index in [1.165, 1.54) is 4.57 Å². The number of benzene rings is 1. The Labute approximate surface area is 120 Å². The fourth-order valence-electron chi connectivity index (χ4n) is 2.40. The van der Waals surface area contributed by atoms with Crippen LogP contribution in [0.25, 0.3) is 10.9 Å². The molecule has 3 aromatic rings. The van der Waals surface area contributed by atoms with E-state index in [1.54, 1.807) is 36.8 Å². The van der Waals surface area contributed by atoms with Gasteiger partial charge in [0.05, 0.1) is 17.2 Å². The molecular weight excluding hydrogens is 268 g/mol. The second-order valence-electron chi connectivity index (χ2n) is 5.08. The lowest BCUT2D eigenvalue weighted by Gasteiger charge is -2.13. The summed E-state index contributed by atoms with van der Waals surface area (Å²) in [6.45, 7) is 2.40. The van der Waals surface area contributed by atoms with Gasteiger partial charge in [-0.05, 0) is 25.5 Å². The highest BCUT2D eigenvalue weighted by Crippen LogP contribution is 2.10. The van der Waals surface area contributed by atoms with Crippen LogP contribution in [0, 0.1) is 0 Å². The van der Waals surface area contributed by atoms with Gasteiger partial charge < -0.3 is 9.55 Å². The average molecular weight is 284 g/mol. The summed E-state index contributed by atoms with van der Waals surface area (Å²) >= 11 is 0. The highest BCUT2D eigenvalue weighted by Gasteiger charge is 2.09. The first kappa shape index (κ1) is 13.4. The summed E-state index contributed by atoms with van der Waals surface area (Å²) < 4.78 is 3.22. The largest absolute Gasteiger partial charge is 0.335 e. The monoisotopic (exact) mass is 284 g/mol. The first-order valence-corrected chi connectivity index (χ1v) is 6.86. The molecule has 6 nitrogen and oxygen atoms in total. The summed E-state index contributed by atoms with van der Waals surface area (Å²) in [6.07, 6.45) is 6.00. The molecule has 0 bridgehead atoms. The van der Waals surface area contributed by atoms with Gasteiger partial charge in [0.15, 0.2) is 0 Å². The van der Waals surface area contributed by atoms with E-state index in [9.17, 15) is 9.59 Å². The third kappa shape index (κ3) is 2.52. The van der Waals surface area contributed by atoms with Crippen molar-refractivity contribution in [3.63, 3.8) is 0 Å². The Bertz CT molecular complexity index is 861. The predicted molar refractivity (Wildman–Crippen MR) is 80.4 cm³/mol. The number of para-hydroxylation sites is 1. The summed E-state index contributed by atoms with van der Waals surface area (Å²) in [7, 11) is 0. The molecule has 21 heavy (non-hydrogen) atoms. The molecule has 0 aliphatic carbocycles. The molecule has 1 N–H and O–H groups in total. The molecule has 2 heterocycles. The van der Waals surface area contributed by atoms with E-state index in [0.29, 0.717) is 23.9 Å². The zero-order chi connectivity index (χ0) is 14.8. The van der Waals surface area contributed by atoms with Gasteiger partial charge in [-0.3, -0.25) is 9.36 Å². The molecule has 6 heteroatoms. The summed E-state index contributed by atoms with van der Waals surface area (Å²) in [5.41, 5.74) is -0.0323. The first-order valence-electron chi connectivity index (χ1n) is 6.86. The van der Waals surface area contributed by atoms with Crippen molar-refractivity contribution < 1.29 is 0 Å². The molecule has 108 valence electrons. The van der Waals surface area contributed by atoms with Gasteiger partial charge in [0, 0.05) is 25.0 Å². The summed E-state index contributed by atoms with van der Waals surface area (Å²) in [6, 6.07) is 7.22. The van der Waals surface area contributed by atoms with Crippen LogP contribution in [0.15, 0.2) is 52.6 Å². The SMILES string of the molecule is CC(CCn1c(=O)[nH]c2ccccc2c1=O)n1ccnc1. The molecule has 1 atom stereocenters. The smallest absolute Gasteiger partial charge is 0.328 e. The lowest BCUT2D eigenvalue weighted by Crippen LogP contribution is -2.35. The molecule has 0 spiro atoms. The maximum Gasteiger partial charge on any atom is 0.328 e. The van der Waals surface area contributed by atoms with Crippen molar-refractivity contribution in [1.82, 2.24) is 19.1 Å². The fraction of sp³-hybridized carbons (Fsp3) is 0.267. The van der Waals surface area contributed by atoms with Crippen LogP contribution in [-0.4, -0.2) is 19.1 Å². The standard InChI is InChI=1S/C15H16N4O2/c1-11(18-9-7-16-10-18)6-8-19-14(20)12-4-2-3-5-13(12)17-15(19)21/h2-5,7,9-11H,6,8H2,1H3,(H,17,21). The van der Waals surface area contributed by atoms with Gasteiger partial charge in [0.25, 0.3) is 5.56 Å². The molecule has 0 saturated carbocycles. The number of aromatic nitrogens is 4. The van der Waals surface area contributed by atoms with Gasteiger partial charge in [-0.1, -0.05) is 12.1 Å². The van der Waals surface area contributed by atoms with Crippen molar-refractivity contribution in [2.45, 2.75) is 25.9 Å². The molecular formula is C15H16N4O2. The molecule has 0 saturated heterocycles. The topological polar surface area (TPSA) is 72.7 Å². The van der Waals surface area contributed by atoms with Crippen LogP contribution < -0.4 is 11.2 Å². The van der Waals surface area contributed by atoms with E-state index in [1.807, 2.05) is 17.7 Å². The van der Waals surface area contributed by atoms with Gasteiger partial charge >= 0.3 is 5.69 Å². The normalized spacial score (nSPS) is 12.6. The van der Waals surface area contributed by atoms with Crippen molar-refractivity contribution >= 4 is 10.9 Å². The van der Waals surface area contributed by atoms with E-state index in [-0.39, 0.29) is 17.3 Å². The van der Waals surface area contributed by atoms with Crippen LogP contribution in [0.2, 0.25) is 0 Å². The molecule has 1 aromatic carbocycles. The van der Waals surface area contributed by atoms with Crippen molar-refractivity contribution in [3.8, 4) is 0 Å². The van der Waals surface area contributed by atoms with Crippen LogP contribution in [0.4, 0.5) is 0 Å². The van der Waals surface area contributed by atoms with Crippen LogP contribution in [0.1, 0.15) is 19.4 Å². The Kier molecular flexibility index (Phi) is 3.43. The molecule has 0 fully saturated rings. The highest BCUT2D eigenvalue weighted by atomic mass is 16.2. The number of aromatic amines is 1. The molecule has 0 amide bonds. The van der Waals surface area contributed by atoms with Crippen molar-refractivity contribution in [2.75, 3.05) is 0 Å². The predicted octanol–water partition coefficient (Wildman–Crippen LogP) is 1.54. The maximum absolute atomic E-state index is 12.4. The number of nitrogens with zero attached hydrogens (tertiary/aromatic N) is 3. The number of rotatable bonds is 4. The highest BCUT2D eigenvalue weighted by molar-refractivity contribution is 5.76.